The quantitative estimate of drug-likeness (QED) is 0.755. The van der Waals surface area contributed by atoms with Gasteiger partial charge in [-0.05, 0) is 18.2 Å². The van der Waals surface area contributed by atoms with Gasteiger partial charge in [0.25, 0.3) is 0 Å². The van der Waals surface area contributed by atoms with Crippen molar-refractivity contribution in [1.29, 1.82) is 0 Å². The van der Waals surface area contributed by atoms with Gasteiger partial charge in [0.05, 0.1) is 5.02 Å². The number of nitrogens with two attached hydrogens (primary N) is 1. The minimum atomic E-state index is -3.94. The Labute approximate surface area is 144 Å². The van der Waals surface area contributed by atoms with Gasteiger partial charge in [-0.25, -0.2) is 13.6 Å². The molecule has 0 spiro atoms. The van der Waals surface area contributed by atoms with E-state index in [1.165, 1.54) is 6.07 Å². The lowest BCUT2D eigenvalue weighted by atomic mass is 10.2. The molecular formula is C13H10Br2ClNO3S. The highest BCUT2D eigenvalue weighted by Crippen LogP contribution is 2.35. The van der Waals surface area contributed by atoms with Crippen LogP contribution in [0.4, 0.5) is 0 Å². The van der Waals surface area contributed by atoms with E-state index in [1.54, 1.807) is 6.07 Å². The van der Waals surface area contributed by atoms with Crippen molar-refractivity contribution in [3.05, 3.63) is 55.9 Å². The van der Waals surface area contributed by atoms with Crippen LogP contribution in [0.2, 0.25) is 5.02 Å². The summed E-state index contributed by atoms with van der Waals surface area (Å²) in [6.07, 6.45) is 0. The van der Waals surface area contributed by atoms with Crippen LogP contribution in [0.5, 0.6) is 5.75 Å². The second-order valence-corrected chi connectivity index (χ2v) is 7.85. The standard InChI is InChI=1S/C13H10Br2ClNO3S/c14-9-5-11(16)13(12(6-9)21(17,18)19)20-7-8-3-1-2-4-10(8)15/h1-6H,7H2,(H2,17,18,19). The molecule has 0 aromatic heterocycles. The molecule has 0 saturated carbocycles. The van der Waals surface area contributed by atoms with Crippen molar-refractivity contribution in [1.82, 2.24) is 0 Å². The molecule has 0 aliphatic rings. The zero-order chi connectivity index (χ0) is 15.6. The molecule has 2 N–H and O–H groups in total. The largest absolute Gasteiger partial charge is 0.486 e. The maximum atomic E-state index is 11.6. The summed E-state index contributed by atoms with van der Waals surface area (Å²) >= 11 is 12.6. The van der Waals surface area contributed by atoms with Crippen molar-refractivity contribution in [2.24, 2.45) is 5.14 Å². The third kappa shape index (κ3) is 4.20. The molecule has 21 heavy (non-hydrogen) atoms. The van der Waals surface area contributed by atoms with Crippen LogP contribution in [-0.4, -0.2) is 8.42 Å². The number of hydrogen-bond acceptors (Lipinski definition) is 3. The Morgan fingerprint density at radius 3 is 2.48 bits per heavy atom. The van der Waals surface area contributed by atoms with Gasteiger partial charge in [-0.2, -0.15) is 0 Å². The van der Waals surface area contributed by atoms with Crippen LogP contribution in [0.15, 0.2) is 50.2 Å². The molecule has 8 heteroatoms. The number of ether oxygens (including phenoxy) is 1. The molecule has 4 nitrogen and oxygen atoms in total. The molecule has 0 saturated heterocycles. The number of rotatable bonds is 4. The first-order chi connectivity index (χ1) is 9.79. The summed E-state index contributed by atoms with van der Waals surface area (Å²) in [6, 6.07) is 10.3. The van der Waals surface area contributed by atoms with E-state index in [2.05, 4.69) is 31.9 Å². The van der Waals surface area contributed by atoms with Crippen LogP contribution in [-0.2, 0) is 16.6 Å². The van der Waals surface area contributed by atoms with Gasteiger partial charge in [-0.1, -0.05) is 61.7 Å². The van der Waals surface area contributed by atoms with Crippen LogP contribution in [0.3, 0.4) is 0 Å². The molecule has 0 aliphatic carbocycles. The lowest BCUT2D eigenvalue weighted by Crippen LogP contribution is -2.14. The van der Waals surface area contributed by atoms with Gasteiger partial charge in [0.15, 0.2) is 5.75 Å². The fourth-order valence-corrected chi connectivity index (χ4v) is 3.84. The van der Waals surface area contributed by atoms with Gasteiger partial charge < -0.3 is 4.74 Å². The highest BCUT2D eigenvalue weighted by atomic mass is 79.9. The average Bonchev–Trinajstić information content (AvgIpc) is 2.37. The fourth-order valence-electron chi connectivity index (χ4n) is 1.65. The SMILES string of the molecule is NS(=O)(=O)c1cc(Br)cc(Cl)c1OCc1ccccc1Br. The maximum Gasteiger partial charge on any atom is 0.241 e. The lowest BCUT2D eigenvalue weighted by molar-refractivity contribution is 0.297. The van der Waals surface area contributed by atoms with Crippen molar-refractivity contribution in [3.63, 3.8) is 0 Å². The average molecular weight is 456 g/mol. The Kier molecular flexibility index (Phi) is 5.32. The normalized spacial score (nSPS) is 11.4. The van der Waals surface area contributed by atoms with Gasteiger partial charge in [0.2, 0.25) is 10.0 Å². The zero-order valence-corrected chi connectivity index (χ0v) is 15.3. The Morgan fingerprint density at radius 1 is 1.19 bits per heavy atom. The van der Waals surface area contributed by atoms with E-state index in [0.29, 0.717) is 4.47 Å². The smallest absolute Gasteiger partial charge is 0.241 e. The first kappa shape index (κ1) is 16.8. The van der Waals surface area contributed by atoms with Gasteiger partial charge >= 0.3 is 0 Å². The first-order valence-electron chi connectivity index (χ1n) is 5.67. The molecule has 2 aromatic rings. The van der Waals surface area contributed by atoms with Crippen molar-refractivity contribution in [2.75, 3.05) is 0 Å². The van der Waals surface area contributed by atoms with Crippen LogP contribution in [0.25, 0.3) is 0 Å². The Balaban J connectivity index is 2.39. The molecule has 112 valence electrons. The summed E-state index contributed by atoms with van der Waals surface area (Å²) in [4.78, 5) is -0.158. The van der Waals surface area contributed by atoms with E-state index in [9.17, 15) is 8.42 Å². The van der Waals surface area contributed by atoms with Crippen LogP contribution in [0.1, 0.15) is 5.56 Å². The van der Waals surface area contributed by atoms with Gasteiger partial charge in [-0.3, -0.25) is 0 Å². The topological polar surface area (TPSA) is 69.4 Å². The predicted octanol–water partition coefficient (Wildman–Crippen LogP) is 4.09. The fraction of sp³-hybridized carbons (Fsp3) is 0.0769. The molecule has 0 radical (unpaired) electrons. The summed E-state index contributed by atoms with van der Waals surface area (Å²) < 4.78 is 30.2. The highest BCUT2D eigenvalue weighted by molar-refractivity contribution is 9.10. The van der Waals surface area contributed by atoms with E-state index in [0.717, 1.165) is 10.0 Å². The van der Waals surface area contributed by atoms with Crippen LogP contribution in [0, 0.1) is 0 Å². The predicted molar refractivity (Wildman–Crippen MR) is 89.0 cm³/mol. The number of benzene rings is 2. The molecule has 0 amide bonds. The summed E-state index contributed by atoms with van der Waals surface area (Å²) in [7, 11) is -3.94. The van der Waals surface area contributed by atoms with E-state index in [-0.39, 0.29) is 22.3 Å². The number of sulfonamides is 1. The first-order valence-corrected chi connectivity index (χ1v) is 9.18. The molecule has 0 unspecified atom stereocenters. The molecule has 0 atom stereocenters. The number of primary sulfonamides is 1. The van der Waals surface area contributed by atoms with Gasteiger partial charge in [-0.15, -0.1) is 0 Å². The second kappa shape index (κ2) is 6.66. The summed E-state index contributed by atoms with van der Waals surface area (Å²) in [5.41, 5.74) is 0.858. The third-order valence-electron chi connectivity index (χ3n) is 2.61. The van der Waals surface area contributed by atoms with Crippen LogP contribution >= 0.6 is 43.5 Å². The summed E-state index contributed by atoms with van der Waals surface area (Å²) in [6.45, 7) is 0.158. The molecular weight excluding hydrogens is 445 g/mol. The molecule has 2 aromatic carbocycles. The van der Waals surface area contributed by atoms with E-state index in [1.807, 2.05) is 24.3 Å². The highest BCUT2D eigenvalue weighted by Gasteiger charge is 2.20. The number of halogens is 3. The Morgan fingerprint density at radius 2 is 1.86 bits per heavy atom. The van der Waals surface area contributed by atoms with Gasteiger partial charge in [0, 0.05) is 14.5 Å². The number of hydrogen-bond donors (Lipinski definition) is 1. The Hall–Kier alpha value is -0.600. The Bertz CT molecular complexity index is 781. The van der Waals surface area contributed by atoms with E-state index in [4.69, 9.17) is 21.5 Å². The molecule has 2 rings (SSSR count). The monoisotopic (exact) mass is 453 g/mol. The molecule has 0 bridgehead atoms. The van der Waals surface area contributed by atoms with E-state index < -0.39 is 10.0 Å². The van der Waals surface area contributed by atoms with Gasteiger partial charge in [0.1, 0.15) is 11.5 Å². The van der Waals surface area contributed by atoms with Crippen molar-refractivity contribution >= 4 is 53.5 Å². The van der Waals surface area contributed by atoms with Crippen molar-refractivity contribution in [3.8, 4) is 5.75 Å². The minimum absolute atomic E-state index is 0.0399. The van der Waals surface area contributed by atoms with Crippen LogP contribution < -0.4 is 9.88 Å². The maximum absolute atomic E-state index is 11.6. The van der Waals surface area contributed by atoms with Crippen molar-refractivity contribution in [2.45, 2.75) is 11.5 Å². The molecule has 0 fully saturated rings. The third-order valence-corrected chi connectivity index (χ3v) is 5.04. The van der Waals surface area contributed by atoms with Crippen molar-refractivity contribution < 1.29 is 13.2 Å². The lowest BCUT2D eigenvalue weighted by Gasteiger charge is -2.13. The van der Waals surface area contributed by atoms with E-state index >= 15 is 0 Å². The minimum Gasteiger partial charge on any atom is -0.486 e. The molecule has 0 aliphatic heterocycles. The molecule has 0 heterocycles. The summed E-state index contributed by atoms with van der Waals surface area (Å²) in [5, 5.41) is 5.36. The second-order valence-electron chi connectivity index (χ2n) is 4.14. The zero-order valence-electron chi connectivity index (χ0n) is 10.5. The summed E-state index contributed by atoms with van der Waals surface area (Å²) in [5.74, 6) is 0.0399.